The molecule has 0 unspecified atom stereocenters. The highest BCUT2D eigenvalue weighted by Crippen LogP contribution is 2.21. The third-order valence-electron chi connectivity index (χ3n) is 2.27. The van der Waals surface area contributed by atoms with Gasteiger partial charge in [-0.3, -0.25) is 4.40 Å². The molecule has 2 aromatic heterocycles. The van der Waals surface area contributed by atoms with Crippen molar-refractivity contribution in [2.24, 2.45) is 0 Å². The molecule has 0 aliphatic carbocycles. The SMILES string of the molecule is COc1cccc2cnc(C(C)C)n12. The number of imidazole rings is 1. The van der Waals surface area contributed by atoms with Gasteiger partial charge < -0.3 is 4.74 Å². The largest absolute Gasteiger partial charge is 0.482 e. The lowest BCUT2D eigenvalue weighted by Crippen LogP contribution is -2.00. The highest BCUT2D eigenvalue weighted by molar-refractivity contribution is 5.49. The van der Waals surface area contributed by atoms with Gasteiger partial charge in [0, 0.05) is 5.92 Å². The standard InChI is InChI=1S/C11H14N2O/c1-8(2)11-12-7-9-5-4-6-10(14-3)13(9)11/h4-8H,1-3H3. The van der Waals surface area contributed by atoms with E-state index in [1.807, 2.05) is 28.8 Å². The van der Waals surface area contributed by atoms with Gasteiger partial charge in [0.2, 0.25) is 0 Å². The van der Waals surface area contributed by atoms with Crippen molar-refractivity contribution < 1.29 is 4.74 Å². The predicted molar refractivity (Wildman–Crippen MR) is 55.8 cm³/mol. The summed E-state index contributed by atoms with van der Waals surface area (Å²) in [5, 5.41) is 0. The molecule has 0 bridgehead atoms. The van der Waals surface area contributed by atoms with E-state index in [-0.39, 0.29) is 0 Å². The number of aromatic nitrogens is 2. The first-order valence-electron chi connectivity index (χ1n) is 4.74. The molecule has 0 atom stereocenters. The highest BCUT2D eigenvalue weighted by Gasteiger charge is 2.10. The minimum atomic E-state index is 0.397. The quantitative estimate of drug-likeness (QED) is 0.727. The smallest absolute Gasteiger partial charge is 0.199 e. The van der Waals surface area contributed by atoms with Crippen molar-refractivity contribution in [1.82, 2.24) is 9.38 Å². The van der Waals surface area contributed by atoms with E-state index in [1.54, 1.807) is 7.11 Å². The van der Waals surface area contributed by atoms with Crippen LogP contribution >= 0.6 is 0 Å². The van der Waals surface area contributed by atoms with Crippen molar-refractivity contribution in [2.45, 2.75) is 19.8 Å². The maximum Gasteiger partial charge on any atom is 0.199 e. The van der Waals surface area contributed by atoms with Gasteiger partial charge in [-0.15, -0.1) is 0 Å². The van der Waals surface area contributed by atoms with Crippen LogP contribution in [0.3, 0.4) is 0 Å². The third-order valence-corrected chi connectivity index (χ3v) is 2.27. The fraction of sp³-hybridized carbons (Fsp3) is 0.364. The lowest BCUT2D eigenvalue weighted by Gasteiger charge is -2.08. The molecule has 3 heteroatoms. The Balaban J connectivity index is 2.74. The van der Waals surface area contributed by atoms with Gasteiger partial charge in [-0.2, -0.15) is 0 Å². The van der Waals surface area contributed by atoms with E-state index in [4.69, 9.17) is 4.74 Å². The lowest BCUT2D eigenvalue weighted by atomic mass is 10.2. The van der Waals surface area contributed by atoms with Crippen LogP contribution < -0.4 is 4.74 Å². The summed E-state index contributed by atoms with van der Waals surface area (Å²) >= 11 is 0. The van der Waals surface area contributed by atoms with E-state index >= 15 is 0 Å². The molecule has 0 amide bonds. The summed E-state index contributed by atoms with van der Waals surface area (Å²) in [5.41, 5.74) is 1.08. The molecule has 0 saturated carbocycles. The molecule has 0 saturated heterocycles. The van der Waals surface area contributed by atoms with Gasteiger partial charge in [0.05, 0.1) is 18.8 Å². The van der Waals surface area contributed by atoms with Gasteiger partial charge in [-0.25, -0.2) is 4.98 Å². The van der Waals surface area contributed by atoms with E-state index in [9.17, 15) is 0 Å². The van der Waals surface area contributed by atoms with Gasteiger partial charge in [0.15, 0.2) is 5.88 Å². The van der Waals surface area contributed by atoms with Crippen LogP contribution in [0.25, 0.3) is 5.52 Å². The van der Waals surface area contributed by atoms with Crippen LogP contribution in [0.5, 0.6) is 5.88 Å². The molecule has 0 aliphatic rings. The maximum atomic E-state index is 5.30. The van der Waals surface area contributed by atoms with Gasteiger partial charge in [0.25, 0.3) is 0 Å². The average molecular weight is 190 g/mol. The molecule has 3 nitrogen and oxygen atoms in total. The zero-order valence-electron chi connectivity index (χ0n) is 8.69. The van der Waals surface area contributed by atoms with Crippen LogP contribution in [-0.2, 0) is 0 Å². The Kier molecular flexibility index (Phi) is 2.15. The van der Waals surface area contributed by atoms with Crippen LogP contribution in [0.15, 0.2) is 24.4 Å². The van der Waals surface area contributed by atoms with Crippen LogP contribution in [0, 0.1) is 0 Å². The second-order valence-corrected chi connectivity index (χ2v) is 3.60. The van der Waals surface area contributed by atoms with Crippen LogP contribution in [-0.4, -0.2) is 16.5 Å². The van der Waals surface area contributed by atoms with E-state index in [2.05, 4.69) is 18.8 Å². The molecule has 0 radical (unpaired) electrons. The number of methoxy groups -OCH3 is 1. The van der Waals surface area contributed by atoms with Crippen LogP contribution in [0.2, 0.25) is 0 Å². The molecule has 74 valence electrons. The van der Waals surface area contributed by atoms with Crippen molar-refractivity contribution in [3.8, 4) is 5.88 Å². The topological polar surface area (TPSA) is 26.5 Å². The number of nitrogens with zero attached hydrogens (tertiary/aromatic N) is 2. The Morgan fingerprint density at radius 3 is 2.79 bits per heavy atom. The number of hydrogen-bond acceptors (Lipinski definition) is 2. The zero-order chi connectivity index (χ0) is 10.1. The minimum Gasteiger partial charge on any atom is -0.482 e. The first kappa shape index (κ1) is 9.06. The predicted octanol–water partition coefficient (Wildman–Crippen LogP) is 2.47. The van der Waals surface area contributed by atoms with Gasteiger partial charge in [0.1, 0.15) is 5.82 Å². The van der Waals surface area contributed by atoms with Crippen molar-refractivity contribution in [2.75, 3.05) is 7.11 Å². The fourth-order valence-corrected chi connectivity index (χ4v) is 1.61. The second kappa shape index (κ2) is 3.33. The van der Waals surface area contributed by atoms with Crippen molar-refractivity contribution >= 4 is 5.52 Å². The van der Waals surface area contributed by atoms with Crippen molar-refractivity contribution in [3.05, 3.63) is 30.2 Å². The first-order chi connectivity index (χ1) is 6.74. The highest BCUT2D eigenvalue weighted by atomic mass is 16.5. The minimum absolute atomic E-state index is 0.397. The average Bonchev–Trinajstić information content (AvgIpc) is 2.60. The normalized spacial score (nSPS) is 11.1. The summed E-state index contributed by atoms with van der Waals surface area (Å²) in [7, 11) is 1.68. The summed E-state index contributed by atoms with van der Waals surface area (Å²) in [6.45, 7) is 4.25. The number of fused-ring (bicyclic) bond motifs is 1. The third kappa shape index (κ3) is 1.25. The Labute approximate surface area is 83.3 Å². The Bertz CT molecular complexity index is 445. The molecule has 0 aliphatic heterocycles. The summed E-state index contributed by atoms with van der Waals surface area (Å²) in [4.78, 5) is 4.39. The molecular formula is C11H14N2O. The lowest BCUT2D eigenvalue weighted by molar-refractivity contribution is 0.389. The van der Waals surface area contributed by atoms with E-state index in [0.29, 0.717) is 5.92 Å². The van der Waals surface area contributed by atoms with Crippen molar-refractivity contribution in [3.63, 3.8) is 0 Å². The van der Waals surface area contributed by atoms with E-state index < -0.39 is 0 Å². The Hall–Kier alpha value is -1.51. The molecule has 0 spiro atoms. The number of pyridine rings is 1. The Morgan fingerprint density at radius 1 is 1.36 bits per heavy atom. The number of rotatable bonds is 2. The fourth-order valence-electron chi connectivity index (χ4n) is 1.61. The van der Waals surface area contributed by atoms with Gasteiger partial charge in [-0.1, -0.05) is 19.9 Å². The molecule has 0 aromatic carbocycles. The molecule has 0 fully saturated rings. The zero-order valence-corrected chi connectivity index (χ0v) is 8.69. The van der Waals surface area contributed by atoms with Crippen LogP contribution in [0.4, 0.5) is 0 Å². The Morgan fingerprint density at radius 2 is 2.14 bits per heavy atom. The second-order valence-electron chi connectivity index (χ2n) is 3.60. The molecule has 2 heterocycles. The number of hydrogen-bond donors (Lipinski definition) is 0. The van der Waals surface area contributed by atoms with E-state index in [1.165, 1.54) is 0 Å². The summed E-state index contributed by atoms with van der Waals surface area (Å²) in [5.74, 6) is 2.27. The summed E-state index contributed by atoms with van der Waals surface area (Å²) < 4.78 is 7.35. The monoisotopic (exact) mass is 190 g/mol. The summed E-state index contributed by atoms with van der Waals surface area (Å²) in [6, 6.07) is 5.95. The van der Waals surface area contributed by atoms with Crippen LogP contribution in [0.1, 0.15) is 25.6 Å². The molecular weight excluding hydrogens is 176 g/mol. The maximum absolute atomic E-state index is 5.30. The van der Waals surface area contributed by atoms with E-state index in [0.717, 1.165) is 17.2 Å². The van der Waals surface area contributed by atoms with Gasteiger partial charge >= 0.3 is 0 Å². The van der Waals surface area contributed by atoms with Gasteiger partial charge in [-0.05, 0) is 12.1 Å². The van der Waals surface area contributed by atoms with Crippen molar-refractivity contribution in [1.29, 1.82) is 0 Å². The first-order valence-corrected chi connectivity index (χ1v) is 4.74. The molecule has 0 N–H and O–H groups in total. The molecule has 2 aromatic rings. The number of ether oxygens (including phenoxy) is 1. The summed E-state index contributed by atoms with van der Waals surface area (Å²) in [6.07, 6.45) is 1.87. The molecule has 2 rings (SSSR count). The molecule has 14 heavy (non-hydrogen) atoms.